The van der Waals surface area contributed by atoms with Crippen LogP contribution >= 0.6 is 0 Å². The normalized spacial score (nSPS) is 22.5. The van der Waals surface area contributed by atoms with Crippen molar-refractivity contribution in [3.63, 3.8) is 0 Å². The van der Waals surface area contributed by atoms with E-state index in [-0.39, 0.29) is 24.3 Å². The summed E-state index contributed by atoms with van der Waals surface area (Å²) in [5.74, 6) is 0.408. The number of carbonyl (C=O) groups is 2. The molecule has 4 rings (SSSR count). The Balaban J connectivity index is 2.04. The van der Waals surface area contributed by atoms with E-state index in [1.54, 1.807) is 22.8 Å². The number of rotatable bonds is 1. The minimum atomic E-state index is -0.962. The van der Waals surface area contributed by atoms with Crippen molar-refractivity contribution in [3.05, 3.63) is 41.6 Å². The fourth-order valence-electron chi connectivity index (χ4n) is 3.77. The second-order valence-corrected chi connectivity index (χ2v) is 6.46. The van der Waals surface area contributed by atoms with E-state index in [1.807, 2.05) is 38.1 Å². The third-order valence-electron chi connectivity index (χ3n) is 4.82. The van der Waals surface area contributed by atoms with Crippen LogP contribution in [0.15, 0.2) is 30.5 Å². The Morgan fingerprint density at radius 3 is 2.70 bits per heavy atom. The molecule has 6 nitrogen and oxygen atoms in total. The molecule has 0 fully saturated rings. The third-order valence-corrected chi connectivity index (χ3v) is 4.82. The van der Waals surface area contributed by atoms with Gasteiger partial charge in [0.1, 0.15) is 11.2 Å². The number of nitrogens with zero attached hydrogens (tertiary/aromatic N) is 3. The maximum atomic E-state index is 13.1. The minimum Gasteiger partial charge on any atom is -0.314 e. The molecular weight excluding hydrogens is 292 g/mol. The average molecular weight is 310 g/mol. The number of fused-ring (bicyclic) bond motifs is 4. The molecule has 0 radical (unpaired) electrons. The van der Waals surface area contributed by atoms with Gasteiger partial charge in [-0.2, -0.15) is 5.10 Å². The number of anilines is 2. The molecule has 118 valence electrons. The monoisotopic (exact) mass is 310 g/mol. The second kappa shape index (κ2) is 4.44. The van der Waals surface area contributed by atoms with Gasteiger partial charge in [-0.3, -0.25) is 9.59 Å². The molecule has 2 amide bonds. The summed E-state index contributed by atoms with van der Waals surface area (Å²) < 4.78 is 1.77. The molecule has 0 bridgehead atoms. The minimum absolute atomic E-state index is 0.0712. The van der Waals surface area contributed by atoms with E-state index in [9.17, 15) is 9.59 Å². The number of amides is 2. The summed E-state index contributed by atoms with van der Waals surface area (Å²) in [4.78, 5) is 27.2. The predicted molar refractivity (Wildman–Crippen MR) is 86.5 cm³/mol. The molecule has 1 N–H and O–H groups in total. The third kappa shape index (κ3) is 1.60. The van der Waals surface area contributed by atoms with E-state index in [0.717, 1.165) is 16.8 Å². The standard InChI is InChI=1S/C17H18N4O2/c1-10(2)21-15-12(9-18-21)17(8-14(22)19-15)11-6-4-5-7-13(11)20(3)16(17)23/h4-7,9-10H,8H2,1-3H3,(H,19,22)/t17-/m0/s1. The second-order valence-electron chi connectivity index (χ2n) is 6.46. The molecule has 0 saturated heterocycles. The first-order valence-electron chi connectivity index (χ1n) is 7.72. The summed E-state index contributed by atoms with van der Waals surface area (Å²) in [6.07, 6.45) is 1.84. The van der Waals surface area contributed by atoms with Crippen molar-refractivity contribution in [2.75, 3.05) is 17.3 Å². The van der Waals surface area contributed by atoms with Crippen molar-refractivity contribution in [1.29, 1.82) is 0 Å². The zero-order valence-electron chi connectivity index (χ0n) is 13.3. The van der Waals surface area contributed by atoms with E-state index in [2.05, 4.69) is 10.4 Å². The molecule has 0 saturated carbocycles. The Hall–Kier alpha value is -2.63. The zero-order chi connectivity index (χ0) is 16.4. The molecule has 0 aliphatic carbocycles. The highest BCUT2D eigenvalue weighted by Gasteiger charge is 2.56. The number of para-hydroxylation sites is 1. The first-order chi connectivity index (χ1) is 11.0. The lowest BCUT2D eigenvalue weighted by Crippen LogP contribution is -2.45. The molecule has 1 aromatic carbocycles. The van der Waals surface area contributed by atoms with Gasteiger partial charge in [-0.05, 0) is 25.5 Å². The van der Waals surface area contributed by atoms with Crippen molar-refractivity contribution in [1.82, 2.24) is 9.78 Å². The quantitative estimate of drug-likeness (QED) is 0.877. The highest BCUT2D eigenvalue weighted by molar-refractivity contribution is 6.15. The topological polar surface area (TPSA) is 67.2 Å². The summed E-state index contributed by atoms with van der Waals surface area (Å²) in [6, 6.07) is 7.76. The van der Waals surface area contributed by atoms with Crippen LogP contribution in [-0.4, -0.2) is 28.6 Å². The molecule has 1 spiro atoms. The van der Waals surface area contributed by atoms with Crippen LogP contribution in [-0.2, 0) is 15.0 Å². The van der Waals surface area contributed by atoms with Crippen LogP contribution in [0.2, 0.25) is 0 Å². The number of likely N-dealkylation sites (N-methyl/N-ethyl adjacent to an activating group) is 1. The Labute approximate surface area is 134 Å². The van der Waals surface area contributed by atoms with Gasteiger partial charge in [-0.1, -0.05) is 18.2 Å². The smallest absolute Gasteiger partial charge is 0.242 e. The molecule has 1 atom stereocenters. The van der Waals surface area contributed by atoms with Gasteiger partial charge in [0.2, 0.25) is 11.8 Å². The Morgan fingerprint density at radius 1 is 1.22 bits per heavy atom. The number of hydrogen-bond acceptors (Lipinski definition) is 3. The number of hydrogen-bond donors (Lipinski definition) is 1. The lowest BCUT2D eigenvalue weighted by molar-refractivity contribution is -0.126. The molecule has 3 heterocycles. The van der Waals surface area contributed by atoms with Gasteiger partial charge < -0.3 is 10.2 Å². The first-order valence-corrected chi connectivity index (χ1v) is 7.72. The van der Waals surface area contributed by atoms with Crippen LogP contribution in [0.1, 0.15) is 37.4 Å². The van der Waals surface area contributed by atoms with Crippen molar-refractivity contribution in [2.24, 2.45) is 0 Å². The van der Waals surface area contributed by atoms with Crippen LogP contribution in [0.3, 0.4) is 0 Å². The van der Waals surface area contributed by atoms with Gasteiger partial charge in [0, 0.05) is 30.8 Å². The summed E-state index contributed by atoms with van der Waals surface area (Å²) >= 11 is 0. The number of nitrogens with one attached hydrogen (secondary N) is 1. The van der Waals surface area contributed by atoms with Gasteiger partial charge in [-0.15, -0.1) is 0 Å². The maximum absolute atomic E-state index is 13.1. The molecule has 23 heavy (non-hydrogen) atoms. The average Bonchev–Trinajstić information content (AvgIpc) is 3.03. The summed E-state index contributed by atoms with van der Waals surface area (Å²) in [7, 11) is 1.76. The fraction of sp³-hybridized carbons (Fsp3) is 0.353. The maximum Gasteiger partial charge on any atom is 0.242 e. The molecule has 2 aliphatic rings. The van der Waals surface area contributed by atoms with Gasteiger partial charge >= 0.3 is 0 Å². The van der Waals surface area contributed by atoms with Gasteiger partial charge in [0.15, 0.2) is 0 Å². The first kappa shape index (κ1) is 14.0. The molecular formula is C17H18N4O2. The molecule has 0 unspecified atom stereocenters. The van der Waals surface area contributed by atoms with Crippen LogP contribution in [0.25, 0.3) is 0 Å². The lowest BCUT2D eigenvalue weighted by Gasteiger charge is -2.32. The van der Waals surface area contributed by atoms with Crippen LogP contribution in [0, 0.1) is 0 Å². The van der Waals surface area contributed by atoms with Crippen molar-refractivity contribution in [3.8, 4) is 0 Å². The lowest BCUT2D eigenvalue weighted by atomic mass is 9.72. The molecule has 6 heteroatoms. The number of carbonyl (C=O) groups excluding carboxylic acids is 2. The SMILES string of the molecule is CC(C)n1ncc2c1NC(=O)C[C@@]21C(=O)N(C)c2ccccc21. The summed E-state index contributed by atoms with van der Waals surface area (Å²) in [5.41, 5.74) is 1.56. The molecule has 1 aromatic heterocycles. The van der Waals surface area contributed by atoms with E-state index < -0.39 is 5.41 Å². The summed E-state index contributed by atoms with van der Waals surface area (Å²) in [5, 5.41) is 7.31. The molecule has 2 aromatic rings. The van der Waals surface area contributed by atoms with Crippen LogP contribution in [0.5, 0.6) is 0 Å². The van der Waals surface area contributed by atoms with E-state index in [1.165, 1.54) is 0 Å². The number of benzene rings is 1. The Bertz CT molecular complexity index is 839. The van der Waals surface area contributed by atoms with E-state index >= 15 is 0 Å². The van der Waals surface area contributed by atoms with E-state index in [0.29, 0.717) is 5.82 Å². The molecule has 2 aliphatic heterocycles. The largest absolute Gasteiger partial charge is 0.314 e. The van der Waals surface area contributed by atoms with Crippen LogP contribution in [0.4, 0.5) is 11.5 Å². The van der Waals surface area contributed by atoms with Crippen LogP contribution < -0.4 is 10.2 Å². The van der Waals surface area contributed by atoms with Gasteiger partial charge in [-0.25, -0.2) is 4.68 Å². The fourth-order valence-corrected chi connectivity index (χ4v) is 3.77. The van der Waals surface area contributed by atoms with E-state index in [4.69, 9.17) is 0 Å². The Morgan fingerprint density at radius 2 is 1.96 bits per heavy atom. The zero-order valence-corrected chi connectivity index (χ0v) is 13.3. The highest BCUT2D eigenvalue weighted by atomic mass is 16.2. The van der Waals surface area contributed by atoms with Gasteiger partial charge in [0.05, 0.1) is 6.20 Å². The highest BCUT2D eigenvalue weighted by Crippen LogP contribution is 2.51. The number of aromatic nitrogens is 2. The van der Waals surface area contributed by atoms with Crippen molar-refractivity contribution < 1.29 is 9.59 Å². The van der Waals surface area contributed by atoms with Crippen molar-refractivity contribution in [2.45, 2.75) is 31.7 Å². The van der Waals surface area contributed by atoms with Gasteiger partial charge in [0.25, 0.3) is 0 Å². The van der Waals surface area contributed by atoms with Crippen molar-refractivity contribution >= 4 is 23.3 Å². The predicted octanol–water partition coefficient (Wildman–Crippen LogP) is 2.07. The summed E-state index contributed by atoms with van der Waals surface area (Å²) in [6.45, 7) is 3.99. The Kier molecular flexibility index (Phi) is 2.70.